The molecule has 0 aromatic rings. The minimum Gasteiger partial charge on any atom is -0.393 e. The predicted molar refractivity (Wildman–Crippen MR) is 48.7 cm³/mol. The zero-order valence-corrected chi connectivity index (χ0v) is 7.92. The number of hydrogen-bond acceptors (Lipinski definition) is 2. The highest BCUT2D eigenvalue weighted by Gasteiger charge is 1.97. The molecule has 2 N–H and O–H groups in total. The molecule has 3 nitrogen and oxygen atoms in total. The van der Waals surface area contributed by atoms with E-state index in [1.165, 1.54) is 0 Å². The first kappa shape index (κ1) is 11.2. The maximum Gasteiger partial charge on any atom is 0.243 e. The van der Waals surface area contributed by atoms with Crippen molar-refractivity contribution in [3.63, 3.8) is 0 Å². The van der Waals surface area contributed by atoms with Gasteiger partial charge in [-0.1, -0.05) is 5.57 Å². The summed E-state index contributed by atoms with van der Waals surface area (Å²) in [5.74, 6) is -0.0874. The third kappa shape index (κ3) is 7.28. The summed E-state index contributed by atoms with van der Waals surface area (Å²) in [6.07, 6.45) is 1.79. The number of rotatable bonds is 4. The number of allylic oxidation sites excluding steroid dienone is 1. The Morgan fingerprint density at radius 3 is 2.58 bits per heavy atom. The van der Waals surface area contributed by atoms with E-state index in [0.29, 0.717) is 13.0 Å². The van der Waals surface area contributed by atoms with Gasteiger partial charge in [0.1, 0.15) is 0 Å². The van der Waals surface area contributed by atoms with Crippen LogP contribution in [0.4, 0.5) is 0 Å². The fraction of sp³-hybridized carbons (Fsp3) is 0.667. The van der Waals surface area contributed by atoms with Gasteiger partial charge in [-0.3, -0.25) is 4.79 Å². The second kappa shape index (κ2) is 5.77. The van der Waals surface area contributed by atoms with Gasteiger partial charge in [-0.15, -0.1) is 0 Å². The molecule has 70 valence electrons. The molecule has 0 bridgehead atoms. The Labute approximate surface area is 73.5 Å². The molecule has 0 aromatic carbocycles. The molecule has 12 heavy (non-hydrogen) atoms. The molecule has 1 atom stereocenters. The number of aliphatic hydroxyl groups excluding tert-OH is 1. The van der Waals surface area contributed by atoms with Gasteiger partial charge >= 0.3 is 0 Å². The Balaban J connectivity index is 3.52. The van der Waals surface area contributed by atoms with Gasteiger partial charge in [0.25, 0.3) is 0 Å². The van der Waals surface area contributed by atoms with Crippen LogP contribution in [0.1, 0.15) is 27.2 Å². The van der Waals surface area contributed by atoms with Crippen LogP contribution in [0, 0.1) is 0 Å². The average molecular weight is 171 g/mol. The summed E-state index contributed by atoms with van der Waals surface area (Å²) in [5, 5.41) is 11.6. The van der Waals surface area contributed by atoms with Crippen LogP contribution in [0.3, 0.4) is 0 Å². The first-order chi connectivity index (χ1) is 5.52. The van der Waals surface area contributed by atoms with Crippen LogP contribution in [-0.2, 0) is 4.79 Å². The molecule has 1 amide bonds. The van der Waals surface area contributed by atoms with Crippen molar-refractivity contribution in [3.05, 3.63) is 11.6 Å². The van der Waals surface area contributed by atoms with Crippen molar-refractivity contribution < 1.29 is 9.90 Å². The SMILES string of the molecule is CC(C)=CC(=O)NCCC(C)O. The molecule has 3 heteroatoms. The maximum absolute atomic E-state index is 11.0. The molecule has 1 unspecified atom stereocenters. The Kier molecular flexibility index (Phi) is 5.37. The van der Waals surface area contributed by atoms with E-state index in [9.17, 15) is 4.79 Å². The molecular weight excluding hydrogens is 154 g/mol. The van der Waals surface area contributed by atoms with Crippen LogP contribution in [0.5, 0.6) is 0 Å². The van der Waals surface area contributed by atoms with E-state index in [0.717, 1.165) is 5.57 Å². The first-order valence-electron chi connectivity index (χ1n) is 4.13. The standard InChI is InChI=1S/C9H17NO2/c1-7(2)6-9(12)10-5-4-8(3)11/h6,8,11H,4-5H2,1-3H3,(H,10,12). The third-order valence-corrected chi connectivity index (χ3v) is 1.28. The third-order valence-electron chi connectivity index (χ3n) is 1.28. The molecule has 0 aliphatic heterocycles. The highest BCUT2D eigenvalue weighted by Crippen LogP contribution is 1.89. The molecule has 0 aromatic heterocycles. The molecule has 0 spiro atoms. The van der Waals surface area contributed by atoms with Crippen LogP contribution < -0.4 is 5.32 Å². The van der Waals surface area contributed by atoms with Gasteiger partial charge in [-0.25, -0.2) is 0 Å². The molecule has 0 aliphatic carbocycles. The normalized spacial score (nSPS) is 12.0. The van der Waals surface area contributed by atoms with Gasteiger partial charge < -0.3 is 10.4 Å². The van der Waals surface area contributed by atoms with E-state index < -0.39 is 0 Å². The highest BCUT2D eigenvalue weighted by atomic mass is 16.3. The van der Waals surface area contributed by atoms with Crippen molar-refractivity contribution >= 4 is 5.91 Å². The number of carbonyl (C=O) groups is 1. The first-order valence-corrected chi connectivity index (χ1v) is 4.13. The maximum atomic E-state index is 11.0. The second-order valence-corrected chi connectivity index (χ2v) is 3.15. The highest BCUT2D eigenvalue weighted by molar-refractivity contribution is 5.87. The quantitative estimate of drug-likeness (QED) is 0.616. The predicted octanol–water partition coefficient (Wildman–Crippen LogP) is 0.840. The lowest BCUT2D eigenvalue weighted by Gasteiger charge is -2.04. The fourth-order valence-corrected chi connectivity index (χ4v) is 0.717. The molecule has 0 saturated carbocycles. The van der Waals surface area contributed by atoms with Crippen LogP contribution in [0.2, 0.25) is 0 Å². The minimum absolute atomic E-state index is 0.0874. The summed E-state index contributed by atoms with van der Waals surface area (Å²) in [6.45, 7) is 5.97. The zero-order chi connectivity index (χ0) is 9.56. The summed E-state index contributed by atoms with van der Waals surface area (Å²) in [5.41, 5.74) is 0.976. The number of carbonyl (C=O) groups excluding carboxylic acids is 1. The molecular formula is C9H17NO2. The van der Waals surface area contributed by atoms with E-state index in [1.54, 1.807) is 13.0 Å². The molecule has 0 saturated heterocycles. The molecule has 0 heterocycles. The van der Waals surface area contributed by atoms with E-state index in [2.05, 4.69) is 5.32 Å². The van der Waals surface area contributed by atoms with E-state index in [4.69, 9.17) is 5.11 Å². The minimum atomic E-state index is -0.350. The van der Waals surface area contributed by atoms with Crippen molar-refractivity contribution in [2.24, 2.45) is 0 Å². The van der Waals surface area contributed by atoms with E-state index in [-0.39, 0.29) is 12.0 Å². The van der Waals surface area contributed by atoms with Crippen molar-refractivity contribution in [2.45, 2.75) is 33.3 Å². The van der Waals surface area contributed by atoms with Crippen molar-refractivity contribution in [1.82, 2.24) is 5.32 Å². The monoisotopic (exact) mass is 171 g/mol. The van der Waals surface area contributed by atoms with Crippen LogP contribution in [0.15, 0.2) is 11.6 Å². The van der Waals surface area contributed by atoms with Gasteiger partial charge in [0.15, 0.2) is 0 Å². The Morgan fingerprint density at radius 2 is 2.17 bits per heavy atom. The van der Waals surface area contributed by atoms with Crippen LogP contribution in [-0.4, -0.2) is 23.7 Å². The van der Waals surface area contributed by atoms with Crippen LogP contribution in [0.25, 0.3) is 0 Å². The molecule has 0 fully saturated rings. The number of hydrogen-bond donors (Lipinski definition) is 2. The lowest BCUT2D eigenvalue weighted by molar-refractivity contribution is -0.116. The van der Waals surface area contributed by atoms with Crippen molar-refractivity contribution in [2.75, 3.05) is 6.54 Å². The Morgan fingerprint density at radius 1 is 1.58 bits per heavy atom. The lowest BCUT2D eigenvalue weighted by Crippen LogP contribution is -2.24. The molecule has 0 rings (SSSR count). The summed E-state index contributed by atoms with van der Waals surface area (Å²) in [6, 6.07) is 0. The van der Waals surface area contributed by atoms with Crippen LogP contribution >= 0.6 is 0 Å². The van der Waals surface area contributed by atoms with Gasteiger partial charge in [0.2, 0.25) is 5.91 Å². The van der Waals surface area contributed by atoms with Gasteiger partial charge in [0.05, 0.1) is 6.10 Å². The zero-order valence-electron chi connectivity index (χ0n) is 7.92. The summed E-state index contributed by atoms with van der Waals surface area (Å²) >= 11 is 0. The summed E-state index contributed by atoms with van der Waals surface area (Å²) in [7, 11) is 0. The van der Waals surface area contributed by atoms with Gasteiger partial charge in [-0.05, 0) is 27.2 Å². The number of aliphatic hydroxyl groups is 1. The number of nitrogens with one attached hydrogen (secondary N) is 1. The summed E-state index contributed by atoms with van der Waals surface area (Å²) < 4.78 is 0. The van der Waals surface area contributed by atoms with E-state index >= 15 is 0 Å². The fourth-order valence-electron chi connectivity index (χ4n) is 0.717. The van der Waals surface area contributed by atoms with Gasteiger partial charge in [0, 0.05) is 12.6 Å². The lowest BCUT2D eigenvalue weighted by atomic mass is 10.3. The summed E-state index contributed by atoms with van der Waals surface area (Å²) in [4.78, 5) is 11.0. The van der Waals surface area contributed by atoms with Crippen molar-refractivity contribution in [3.8, 4) is 0 Å². The topological polar surface area (TPSA) is 49.3 Å². The second-order valence-electron chi connectivity index (χ2n) is 3.15. The van der Waals surface area contributed by atoms with Crippen molar-refractivity contribution in [1.29, 1.82) is 0 Å². The Hall–Kier alpha value is -0.830. The van der Waals surface area contributed by atoms with Gasteiger partial charge in [-0.2, -0.15) is 0 Å². The average Bonchev–Trinajstić information content (AvgIpc) is 1.84. The largest absolute Gasteiger partial charge is 0.393 e. The molecule has 0 radical (unpaired) electrons. The number of amides is 1. The smallest absolute Gasteiger partial charge is 0.243 e. The Bertz CT molecular complexity index is 169. The van der Waals surface area contributed by atoms with E-state index in [1.807, 2.05) is 13.8 Å². The molecule has 0 aliphatic rings.